The van der Waals surface area contributed by atoms with Gasteiger partial charge in [0.15, 0.2) is 5.11 Å². The first-order valence-electron chi connectivity index (χ1n) is 4.71. The number of rotatable bonds is 2. The summed E-state index contributed by atoms with van der Waals surface area (Å²) in [5.74, 6) is 5.18. The van der Waals surface area contributed by atoms with Crippen LogP contribution < -0.4 is 16.6 Å². The van der Waals surface area contributed by atoms with Crippen molar-refractivity contribution < 1.29 is 4.79 Å². The van der Waals surface area contributed by atoms with Gasteiger partial charge in [0.1, 0.15) is 6.04 Å². The van der Waals surface area contributed by atoms with Crippen LogP contribution in [-0.2, 0) is 4.79 Å². The van der Waals surface area contributed by atoms with Crippen LogP contribution >= 0.6 is 12.2 Å². The number of carbonyl (C=O) groups excluding carboxylic acids is 1. The zero-order valence-electron chi connectivity index (χ0n) is 8.25. The maximum Gasteiger partial charge on any atom is 0.244 e. The Kier molecular flexibility index (Phi) is 4.09. The number of amides is 1. The molecule has 0 aromatic heterocycles. The van der Waals surface area contributed by atoms with Gasteiger partial charge in [-0.3, -0.25) is 4.79 Å². The summed E-state index contributed by atoms with van der Waals surface area (Å²) in [6.07, 6.45) is 2.19. The molecule has 5 nitrogen and oxygen atoms in total. The van der Waals surface area contributed by atoms with Gasteiger partial charge in [-0.1, -0.05) is 0 Å². The zero-order valence-corrected chi connectivity index (χ0v) is 9.06. The number of nitrogens with zero attached hydrogens (tertiary/aromatic N) is 1. The molecule has 4 N–H and O–H groups in total. The van der Waals surface area contributed by atoms with Crippen LogP contribution in [0.4, 0.5) is 0 Å². The molecule has 1 atom stereocenters. The van der Waals surface area contributed by atoms with E-state index in [-0.39, 0.29) is 11.9 Å². The molecule has 1 fully saturated rings. The predicted octanol–water partition coefficient (Wildman–Crippen LogP) is -0.665. The van der Waals surface area contributed by atoms with E-state index in [0.717, 1.165) is 25.9 Å². The van der Waals surface area contributed by atoms with Crippen LogP contribution in [0.15, 0.2) is 0 Å². The molecule has 1 heterocycles. The summed E-state index contributed by atoms with van der Waals surface area (Å²) in [4.78, 5) is 13.6. The Hall–Kier alpha value is -0.880. The number of nitrogens with one attached hydrogen (secondary N) is 2. The molecule has 0 aromatic rings. The second kappa shape index (κ2) is 5.11. The van der Waals surface area contributed by atoms with Gasteiger partial charge >= 0.3 is 0 Å². The van der Waals surface area contributed by atoms with Crippen LogP contribution in [0.25, 0.3) is 0 Å². The van der Waals surface area contributed by atoms with E-state index < -0.39 is 0 Å². The van der Waals surface area contributed by atoms with Crippen molar-refractivity contribution in [1.82, 2.24) is 15.6 Å². The molecule has 0 aromatic carbocycles. The van der Waals surface area contributed by atoms with Crippen molar-refractivity contribution in [2.24, 2.45) is 5.84 Å². The Balaban J connectivity index is 2.39. The summed E-state index contributed by atoms with van der Waals surface area (Å²) in [5, 5.41) is 3.11. The van der Waals surface area contributed by atoms with E-state index in [2.05, 4.69) is 10.7 Å². The first-order chi connectivity index (χ1) is 6.65. The van der Waals surface area contributed by atoms with Gasteiger partial charge in [-0.25, -0.2) is 5.84 Å². The lowest BCUT2D eigenvalue weighted by Gasteiger charge is -2.21. The summed E-state index contributed by atoms with van der Waals surface area (Å²) < 4.78 is 0. The van der Waals surface area contributed by atoms with Crippen LogP contribution in [-0.4, -0.2) is 35.1 Å². The summed E-state index contributed by atoms with van der Waals surface area (Å²) in [5.41, 5.74) is 2.29. The fourth-order valence-electron chi connectivity index (χ4n) is 1.51. The quantitative estimate of drug-likeness (QED) is 0.325. The molecule has 0 radical (unpaired) electrons. The summed E-state index contributed by atoms with van der Waals surface area (Å²) in [6, 6.07) is -0.309. The molecule has 1 saturated heterocycles. The Bertz CT molecular complexity index is 227. The Morgan fingerprint density at radius 2 is 2.07 bits per heavy atom. The number of nitrogens with two attached hydrogens (primary N) is 1. The standard InChI is InChI=1S/C8H16N4OS/c1-6(10-8(14)11-9)7(13)12-4-2-3-5-12/h6H,2-5,9H2,1H3,(H2,10,11,14). The molecule has 0 bridgehead atoms. The third kappa shape index (κ3) is 2.81. The van der Waals surface area contributed by atoms with E-state index in [1.807, 2.05) is 4.90 Å². The molecular weight excluding hydrogens is 200 g/mol. The van der Waals surface area contributed by atoms with Gasteiger partial charge in [0.2, 0.25) is 5.91 Å². The average molecular weight is 216 g/mol. The summed E-state index contributed by atoms with van der Waals surface area (Å²) >= 11 is 4.81. The predicted molar refractivity (Wildman–Crippen MR) is 58.3 cm³/mol. The molecule has 1 aliphatic heterocycles. The van der Waals surface area contributed by atoms with Crippen LogP contribution in [0.3, 0.4) is 0 Å². The van der Waals surface area contributed by atoms with E-state index in [1.165, 1.54) is 0 Å². The molecule has 1 rings (SSSR count). The first kappa shape index (κ1) is 11.2. The van der Waals surface area contributed by atoms with Gasteiger partial charge in [0.25, 0.3) is 0 Å². The molecule has 0 saturated carbocycles. The molecule has 14 heavy (non-hydrogen) atoms. The van der Waals surface area contributed by atoms with Gasteiger partial charge in [-0.05, 0) is 32.0 Å². The highest BCUT2D eigenvalue weighted by Gasteiger charge is 2.23. The van der Waals surface area contributed by atoms with Crippen molar-refractivity contribution in [2.75, 3.05) is 13.1 Å². The lowest BCUT2D eigenvalue weighted by Crippen LogP contribution is -2.50. The van der Waals surface area contributed by atoms with Gasteiger partial charge in [0.05, 0.1) is 0 Å². The van der Waals surface area contributed by atoms with Crippen LogP contribution in [0.5, 0.6) is 0 Å². The second-order valence-electron chi connectivity index (χ2n) is 3.37. The van der Waals surface area contributed by atoms with Crippen molar-refractivity contribution in [3.8, 4) is 0 Å². The van der Waals surface area contributed by atoms with Gasteiger partial charge in [0, 0.05) is 13.1 Å². The minimum atomic E-state index is -0.309. The van der Waals surface area contributed by atoms with Crippen molar-refractivity contribution in [3.63, 3.8) is 0 Å². The third-order valence-corrected chi connectivity index (χ3v) is 2.50. The highest BCUT2D eigenvalue weighted by atomic mass is 32.1. The fourth-order valence-corrected chi connectivity index (χ4v) is 1.69. The molecular formula is C8H16N4OS. The van der Waals surface area contributed by atoms with E-state index in [9.17, 15) is 4.79 Å². The first-order valence-corrected chi connectivity index (χ1v) is 5.12. The van der Waals surface area contributed by atoms with Gasteiger partial charge in [-0.15, -0.1) is 0 Å². The van der Waals surface area contributed by atoms with Crippen molar-refractivity contribution in [1.29, 1.82) is 0 Å². The van der Waals surface area contributed by atoms with Crippen LogP contribution in [0.1, 0.15) is 19.8 Å². The van der Waals surface area contributed by atoms with E-state index in [4.69, 9.17) is 18.1 Å². The Morgan fingerprint density at radius 3 is 2.57 bits per heavy atom. The largest absolute Gasteiger partial charge is 0.350 e. The summed E-state index contributed by atoms with van der Waals surface area (Å²) in [6.45, 7) is 3.49. The minimum absolute atomic E-state index is 0.0834. The molecule has 0 spiro atoms. The monoisotopic (exact) mass is 216 g/mol. The molecule has 0 aliphatic carbocycles. The van der Waals surface area contributed by atoms with E-state index in [0.29, 0.717) is 5.11 Å². The van der Waals surface area contributed by atoms with Gasteiger partial charge < -0.3 is 15.6 Å². The lowest BCUT2D eigenvalue weighted by atomic mass is 10.3. The topological polar surface area (TPSA) is 70.4 Å². The average Bonchev–Trinajstić information content (AvgIpc) is 2.69. The van der Waals surface area contributed by atoms with Crippen molar-refractivity contribution >= 4 is 23.2 Å². The Morgan fingerprint density at radius 1 is 1.50 bits per heavy atom. The number of likely N-dealkylation sites (tertiary alicyclic amines) is 1. The SMILES string of the molecule is CC(NC(=S)NN)C(=O)N1CCCC1. The maximum absolute atomic E-state index is 11.7. The minimum Gasteiger partial charge on any atom is -0.350 e. The van der Waals surface area contributed by atoms with E-state index >= 15 is 0 Å². The molecule has 1 unspecified atom stereocenters. The highest BCUT2D eigenvalue weighted by Crippen LogP contribution is 2.08. The lowest BCUT2D eigenvalue weighted by molar-refractivity contribution is -0.131. The van der Waals surface area contributed by atoms with Gasteiger partial charge in [-0.2, -0.15) is 0 Å². The normalized spacial score (nSPS) is 17.7. The second-order valence-corrected chi connectivity index (χ2v) is 3.78. The molecule has 1 amide bonds. The van der Waals surface area contributed by atoms with Crippen LogP contribution in [0.2, 0.25) is 0 Å². The summed E-state index contributed by atoms with van der Waals surface area (Å²) in [7, 11) is 0. The van der Waals surface area contributed by atoms with Crippen molar-refractivity contribution in [3.05, 3.63) is 0 Å². The van der Waals surface area contributed by atoms with Crippen LogP contribution in [0, 0.1) is 0 Å². The Labute approximate surface area is 89.0 Å². The molecule has 80 valence electrons. The highest BCUT2D eigenvalue weighted by molar-refractivity contribution is 7.80. The van der Waals surface area contributed by atoms with Crippen molar-refractivity contribution in [2.45, 2.75) is 25.8 Å². The number of carbonyl (C=O) groups is 1. The zero-order chi connectivity index (χ0) is 10.6. The molecule has 1 aliphatic rings. The number of thiocarbonyl (C=S) groups is 1. The third-order valence-electron chi connectivity index (χ3n) is 2.27. The van der Waals surface area contributed by atoms with E-state index in [1.54, 1.807) is 6.92 Å². The number of hydrogen-bond acceptors (Lipinski definition) is 3. The molecule has 6 heteroatoms. The fraction of sp³-hybridized carbons (Fsp3) is 0.750. The smallest absolute Gasteiger partial charge is 0.244 e. The maximum atomic E-state index is 11.7. The number of hydrazine groups is 1. The number of hydrogen-bond donors (Lipinski definition) is 3.